The van der Waals surface area contributed by atoms with Crippen LogP contribution in [0.15, 0.2) is 30.5 Å². The maximum absolute atomic E-state index is 14.0. The molecule has 0 unspecified atom stereocenters. The van der Waals surface area contributed by atoms with E-state index in [0.29, 0.717) is 12.6 Å². The molecule has 1 aromatic carbocycles. The van der Waals surface area contributed by atoms with Gasteiger partial charge in [-0.3, -0.25) is 0 Å². The molecule has 3 N–H and O–H groups in total. The van der Waals surface area contributed by atoms with Gasteiger partial charge in [0.05, 0.1) is 19.4 Å². The third kappa shape index (κ3) is 4.84. The van der Waals surface area contributed by atoms with E-state index < -0.39 is 5.82 Å². The molecule has 2 aromatic rings. The Balaban J connectivity index is 1.38. The Morgan fingerprint density at radius 2 is 2.11 bits per heavy atom. The molecule has 2 aliphatic heterocycles. The van der Waals surface area contributed by atoms with Crippen molar-refractivity contribution in [3.05, 3.63) is 36.3 Å². The first kappa shape index (κ1) is 17.9. The number of nitrogens with one attached hydrogen (secondary N) is 3. The minimum atomic E-state index is -0.450. The van der Waals surface area contributed by atoms with Crippen molar-refractivity contribution < 1.29 is 13.9 Å². The molecule has 0 saturated carbocycles. The van der Waals surface area contributed by atoms with E-state index in [1.165, 1.54) is 6.20 Å². The minimum Gasteiger partial charge on any atom is -0.488 e. The molecule has 1 aromatic heterocycles. The van der Waals surface area contributed by atoms with Crippen molar-refractivity contribution in [3.8, 4) is 5.75 Å². The Labute approximate surface area is 157 Å². The van der Waals surface area contributed by atoms with Crippen LogP contribution in [0.2, 0.25) is 0 Å². The molecule has 2 aliphatic rings. The summed E-state index contributed by atoms with van der Waals surface area (Å²) < 4.78 is 25.2. The maximum Gasteiger partial charge on any atom is 0.229 e. The van der Waals surface area contributed by atoms with E-state index in [0.717, 1.165) is 50.4 Å². The molecule has 8 heteroatoms. The van der Waals surface area contributed by atoms with Crippen LogP contribution in [-0.2, 0) is 4.74 Å². The molecule has 2 saturated heterocycles. The predicted molar refractivity (Wildman–Crippen MR) is 101 cm³/mol. The first-order chi connectivity index (χ1) is 13.3. The summed E-state index contributed by atoms with van der Waals surface area (Å²) in [6.45, 7) is 3.19. The number of piperidine rings is 1. The van der Waals surface area contributed by atoms with Crippen LogP contribution in [-0.4, -0.2) is 48.4 Å². The van der Waals surface area contributed by atoms with E-state index in [9.17, 15) is 4.39 Å². The Morgan fingerprint density at radius 3 is 2.85 bits per heavy atom. The van der Waals surface area contributed by atoms with Crippen LogP contribution in [0.1, 0.15) is 19.3 Å². The highest BCUT2D eigenvalue weighted by Gasteiger charge is 2.18. The number of aromatic nitrogens is 2. The molecular formula is C19H24FN5O2. The fraction of sp³-hybridized carbons (Fsp3) is 0.474. The number of ether oxygens (including phenoxy) is 2. The maximum atomic E-state index is 14.0. The lowest BCUT2D eigenvalue weighted by molar-refractivity contribution is 0.141. The van der Waals surface area contributed by atoms with Gasteiger partial charge in [0.15, 0.2) is 11.6 Å². The van der Waals surface area contributed by atoms with Crippen LogP contribution in [0.4, 0.5) is 21.8 Å². The monoisotopic (exact) mass is 373 g/mol. The quantitative estimate of drug-likeness (QED) is 0.718. The summed E-state index contributed by atoms with van der Waals surface area (Å²) in [5.41, 5.74) is 0.807. The van der Waals surface area contributed by atoms with Crippen molar-refractivity contribution in [2.24, 2.45) is 0 Å². The lowest BCUT2D eigenvalue weighted by atomic mass is 10.1. The molecule has 0 radical (unpaired) electrons. The van der Waals surface area contributed by atoms with Crippen LogP contribution in [0, 0.1) is 5.82 Å². The third-order valence-electron chi connectivity index (χ3n) is 4.68. The molecule has 2 fully saturated rings. The average Bonchev–Trinajstić information content (AvgIpc) is 3.20. The molecule has 0 amide bonds. The largest absolute Gasteiger partial charge is 0.488 e. The summed E-state index contributed by atoms with van der Waals surface area (Å²) in [6.07, 6.45) is 4.28. The molecule has 3 heterocycles. The van der Waals surface area contributed by atoms with Gasteiger partial charge in [0.25, 0.3) is 0 Å². The second kappa shape index (κ2) is 8.49. The van der Waals surface area contributed by atoms with Crippen LogP contribution in [0.5, 0.6) is 5.75 Å². The summed E-state index contributed by atoms with van der Waals surface area (Å²) >= 11 is 0. The number of hydrogen-bond donors (Lipinski definition) is 3. The number of benzene rings is 1. The molecule has 0 spiro atoms. The van der Waals surface area contributed by atoms with E-state index in [-0.39, 0.29) is 18.0 Å². The van der Waals surface area contributed by atoms with Gasteiger partial charge in [-0.1, -0.05) is 0 Å². The Hall–Kier alpha value is -2.45. The molecule has 144 valence electrons. The molecule has 27 heavy (non-hydrogen) atoms. The van der Waals surface area contributed by atoms with E-state index >= 15 is 0 Å². The summed E-state index contributed by atoms with van der Waals surface area (Å²) in [5, 5.41) is 9.57. The lowest BCUT2D eigenvalue weighted by Crippen LogP contribution is -2.38. The molecule has 2 atom stereocenters. The number of nitrogens with zero attached hydrogens (tertiary/aromatic N) is 2. The summed E-state index contributed by atoms with van der Waals surface area (Å²) in [6, 6.07) is 7.71. The Bertz CT molecular complexity index is 746. The summed E-state index contributed by atoms with van der Waals surface area (Å²) in [5.74, 6) is 0.916. The van der Waals surface area contributed by atoms with Crippen molar-refractivity contribution in [2.75, 3.05) is 36.9 Å². The van der Waals surface area contributed by atoms with Crippen molar-refractivity contribution in [2.45, 2.75) is 31.4 Å². The van der Waals surface area contributed by atoms with Crippen molar-refractivity contribution >= 4 is 17.5 Å². The van der Waals surface area contributed by atoms with Crippen LogP contribution in [0.3, 0.4) is 0 Å². The molecule has 0 aliphatic carbocycles. The van der Waals surface area contributed by atoms with Gasteiger partial charge < -0.3 is 25.4 Å². The molecule has 0 bridgehead atoms. The van der Waals surface area contributed by atoms with E-state index in [1.807, 2.05) is 24.3 Å². The third-order valence-corrected chi connectivity index (χ3v) is 4.68. The van der Waals surface area contributed by atoms with Gasteiger partial charge in [-0.15, -0.1) is 0 Å². The van der Waals surface area contributed by atoms with E-state index in [2.05, 4.69) is 25.9 Å². The summed E-state index contributed by atoms with van der Waals surface area (Å²) in [4.78, 5) is 8.32. The van der Waals surface area contributed by atoms with Crippen molar-refractivity contribution in [1.29, 1.82) is 0 Å². The first-order valence-corrected chi connectivity index (χ1v) is 9.37. The van der Waals surface area contributed by atoms with Crippen molar-refractivity contribution in [1.82, 2.24) is 15.3 Å². The predicted octanol–water partition coefficient (Wildman–Crippen LogP) is 2.69. The van der Waals surface area contributed by atoms with E-state index in [1.54, 1.807) is 0 Å². The highest BCUT2D eigenvalue weighted by atomic mass is 19.1. The fourth-order valence-electron chi connectivity index (χ4n) is 3.24. The first-order valence-electron chi connectivity index (χ1n) is 9.37. The van der Waals surface area contributed by atoms with Gasteiger partial charge in [0.1, 0.15) is 11.9 Å². The van der Waals surface area contributed by atoms with Gasteiger partial charge >= 0.3 is 0 Å². The van der Waals surface area contributed by atoms with Crippen LogP contribution in [0.25, 0.3) is 0 Å². The topological polar surface area (TPSA) is 80.3 Å². The van der Waals surface area contributed by atoms with Crippen molar-refractivity contribution in [3.63, 3.8) is 0 Å². The number of anilines is 3. The standard InChI is InChI=1S/C19H24FN5O2/c20-17-11-22-19(25-18(17)23-14-2-1-8-21-10-14)24-13-3-5-15(6-4-13)27-16-7-9-26-12-16/h3-6,11,14,16,21H,1-2,7-10,12H2,(H2,22,23,24,25)/t14-,16-/m1/s1. The number of halogens is 1. The normalized spacial score (nSPS) is 22.4. The fourth-order valence-corrected chi connectivity index (χ4v) is 3.24. The highest BCUT2D eigenvalue weighted by Crippen LogP contribution is 2.22. The van der Waals surface area contributed by atoms with Crippen LogP contribution < -0.4 is 20.7 Å². The SMILES string of the molecule is Fc1cnc(Nc2ccc(O[C@@H]3CCOC3)cc2)nc1N[C@@H]1CCCNC1. The zero-order valence-electron chi connectivity index (χ0n) is 15.1. The van der Waals surface area contributed by atoms with Gasteiger partial charge in [-0.05, 0) is 43.7 Å². The number of rotatable bonds is 6. The average molecular weight is 373 g/mol. The molecular weight excluding hydrogens is 349 g/mol. The van der Waals surface area contributed by atoms with Gasteiger partial charge in [-0.2, -0.15) is 4.98 Å². The smallest absolute Gasteiger partial charge is 0.229 e. The molecule has 4 rings (SSSR count). The Morgan fingerprint density at radius 1 is 1.22 bits per heavy atom. The second-order valence-corrected chi connectivity index (χ2v) is 6.83. The lowest BCUT2D eigenvalue weighted by Gasteiger charge is -2.24. The Kier molecular flexibility index (Phi) is 5.64. The zero-order valence-corrected chi connectivity index (χ0v) is 15.1. The second-order valence-electron chi connectivity index (χ2n) is 6.83. The highest BCUT2D eigenvalue weighted by molar-refractivity contribution is 5.56. The van der Waals surface area contributed by atoms with E-state index in [4.69, 9.17) is 9.47 Å². The zero-order chi connectivity index (χ0) is 18.5. The number of hydrogen-bond acceptors (Lipinski definition) is 7. The van der Waals surface area contributed by atoms with Crippen LogP contribution >= 0.6 is 0 Å². The van der Waals surface area contributed by atoms with Gasteiger partial charge in [0.2, 0.25) is 5.95 Å². The minimum absolute atomic E-state index is 0.118. The molecule has 7 nitrogen and oxygen atoms in total. The van der Waals surface area contributed by atoms with Gasteiger partial charge in [-0.25, -0.2) is 9.37 Å². The summed E-state index contributed by atoms with van der Waals surface area (Å²) in [7, 11) is 0. The van der Waals surface area contributed by atoms with Gasteiger partial charge in [0, 0.05) is 24.7 Å².